The van der Waals surface area contributed by atoms with Gasteiger partial charge in [-0.25, -0.2) is 0 Å². The molecule has 0 spiro atoms. The van der Waals surface area contributed by atoms with Crippen molar-refractivity contribution in [1.29, 1.82) is 5.26 Å². The molecule has 1 aliphatic carbocycles. The number of anilines is 2. The van der Waals surface area contributed by atoms with Crippen molar-refractivity contribution in [3.05, 3.63) is 10.4 Å². The molecule has 1 heterocycles. The average Bonchev–Trinajstić information content (AvgIpc) is 3.10. The Morgan fingerprint density at radius 3 is 2.94 bits per heavy atom. The largest absolute Gasteiger partial charge is 0.397 e. The second-order valence-corrected chi connectivity index (χ2v) is 5.12. The maximum absolute atomic E-state index is 9.00. The second-order valence-electron chi connectivity index (χ2n) is 4.10. The molecule has 0 bridgehead atoms. The van der Waals surface area contributed by atoms with Crippen molar-refractivity contribution >= 4 is 22.0 Å². The van der Waals surface area contributed by atoms with Crippen LogP contribution in [0.1, 0.15) is 36.1 Å². The number of nitrogens with zero attached hydrogens (tertiary/aromatic N) is 1. The lowest BCUT2D eigenvalue weighted by Gasteiger charge is -2.07. The molecule has 1 fully saturated rings. The molecule has 2 rings (SSSR count). The highest BCUT2D eigenvalue weighted by Crippen LogP contribution is 2.50. The third-order valence-electron chi connectivity index (χ3n) is 2.81. The van der Waals surface area contributed by atoms with E-state index in [0.717, 1.165) is 23.7 Å². The van der Waals surface area contributed by atoms with Crippen molar-refractivity contribution in [2.45, 2.75) is 25.7 Å². The summed E-state index contributed by atoms with van der Waals surface area (Å²) >= 11 is 1.46. The summed E-state index contributed by atoms with van der Waals surface area (Å²) in [5, 5.41) is 13.4. The summed E-state index contributed by atoms with van der Waals surface area (Å²) in [4.78, 5) is 0.630. The van der Waals surface area contributed by atoms with E-state index in [2.05, 4.69) is 11.4 Å². The zero-order chi connectivity index (χ0) is 12.3. The van der Waals surface area contributed by atoms with Crippen LogP contribution < -0.4 is 11.1 Å². The summed E-state index contributed by atoms with van der Waals surface area (Å²) in [7, 11) is 0. The van der Waals surface area contributed by atoms with Crippen molar-refractivity contribution < 1.29 is 4.74 Å². The minimum Gasteiger partial charge on any atom is -0.397 e. The molecule has 0 amide bonds. The molecule has 0 atom stereocenters. The fourth-order valence-corrected chi connectivity index (χ4v) is 2.86. The topological polar surface area (TPSA) is 71.1 Å². The molecule has 5 heteroatoms. The van der Waals surface area contributed by atoms with Crippen molar-refractivity contribution in [3.8, 4) is 6.07 Å². The first-order chi connectivity index (χ1) is 8.27. The van der Waals surface area contributed by atoms with Crippen molar-refractivity contribution in [1.82, 2.24) is 0 Å². The Morgan fingerprint density at radius 2 is 2.35 bits per heavy atom. The molecule has 1 aliphatic rings. The molecular formula is C12H17N3OS. The van der Waals surface area contributed by atoms with Crippen LogP contribution >= 0.6 is 11.3 Å². The number of ether oxygens (including phenoxy) is 1. The zero-order valence-corrected chi connectivity index (χ0v) is 10.8. The third kappa shape index (κ3) is 2.71. The summed E-state index contributed by atoms with van der Waals surface area (Å²) in [6.45, 7) is 4.15. The number of hydrogen-bond donors (Lipinski definition) is 2. The van der Waals surface area contributed by atoms with Gasteiger partial charge in [0.2, 0.25) is 0 Å². The summed E-state index contributed by atoms with van der Waals surface area (Å²) in [5.74, 6) is 0.558. The van der Waals surface area contributed by atoms with Crippen LogP contribution in [-0.2, 0) is 4.74 Å². The van der Waals surface area contributed by atoms with E-state index in [4.69, 9.17) is 15.7 Å². The summed E-state index contributed by atoms with van der Waals surface area (Å²) < 4.78 is 5.28. The minimum absolute atomic E-state index is 0.558. The van der Waals surface area contributed by atoms with Crippen LogP contribution in [0.4, 0.5) is 10.7 Å². The molecule has 0 aromatic carbocycles. The molecule has 0 saturated heterocycles. The molecule has 17 heavy (non-hydrogen) atoms. The first-order valence-electron chi connectivity index (χ1n) is 5.91. The summed E-state index contributed by atoms with van der Waals surface area (Å²) in [5.41, 5.74) is 7.84. The molecule has 0 unspecified atom stereocenters. The molecule has 1 saturated carbocycles. The Labute approximate surface area is 105 Å². The van der Waals surface area contributed by atoms with E-state index < -0.39 is 0 Å². The van der Waals surface area contributed by atoms with E-state index in [0.29, 0.717) is 23.1 Å². The maximum Gasteiger partial charge on any atom is 0.130 e. The van der Waals surface area contributed by atoms with E-state index in [1.54, 1.807) is 0 Å². The Bertz CT molecular complexity index is 432. The highest BCUT2D eigenvalue weighted by atomic mass is 32.1. The number of nitrogen functional groups attached to an aromatic ring is 1. The lowest BCUT2D eigenvalue weighted by atomic mass is 10.1. The lowest BCUT2D eigenvalue weighted by molar-refractivity contribution is 0.158. The van der Waals surface area contributed by atoms with Crippen LogP contribution in [0.25, 0.3) is 0 Å². The van der Waals surface area contributed by atoms with Crippen LogP contribution in [0.3, 0.4) is 0 Å². The van der Waals surface area contributed by atoms with Crippen LogP contribution in [0.2, 0.25) is 0 Å². The first kappa shape index (κ1) is 12.2. The lowest BCUT2D eigenvalue weighted by Crippen LogP contribution is -2.09. The maximum atomic E-state index is 9.00. The standard InChI is InChI=1S/C12H17N3OS/c1-2-16-6-5-15-12-10(8-3-4-8)11(14)9(7-13)17-12/h8,15H,2-6,14H2,1H3. The number of nitrogens with two attached hydrogens (primary N) is 1. The number of nitrogens with one attached hydrogen (secondary N) is 1. The second kappa shape index (κ2) is 5.39. The number of rotatable bonds is 6. The fraction of sp³-hybridized carbons (Fsp3) is 0.583. The highest BCUT2D eigenvalue weighted by molar-refractivity contribution is 7.17. The van der Waals surface area contributed by atoms with Gasteiger partial charge in [-0.05, 0) is 25.7 Å². The smallest absolute Gasteiger partial charge is 0.130 e. The van der Waals surface area contributed by atoms with E-state index in [1.165, 1.54) is 24.2 Å². The monoisotopic (exact) mass is 251 g/mol. The Morgan fingerprint density at radius 1 is 1.59 bits per heavy atom. The highest BCUT2D eigenvalue weighted by Gasteiger charge is 2.31. The molecular weight excluding hydrogens is 234 g/mol. The van der Waals surface area contributed by atoms with E-state index >= 15 is 0 Å². The van der Waals surface area contributed by atoms with E-state index in [-0.39, 0.29) is 0 Å². The fourth-order valence-electron chi connectivity index (χ4n) is 1.83. The van der Waals surface area contributed by atoms with E-state index in [9.17, 15) is 0 Å². The molecule has 0 aliphatic heterocycles. The number of nitriles is 1. The van der Waals surface area contributed by atoms with Crippen molar-refractivity contribution in [2.24, 2.45) is 0 Å². The molecule has 1 aromatic rings. The zero-order valence-electron chi connectivity index (χ0n) is 9.95. The van der Waals surface area contributed by atoms with E-state index in [1.807, 2.05) is 6.92 Å². The average molecular weight is 251 g/mol. The van der Waals surface area contributed by atoms with Gasteiger partial charge in [-0.15, -0.1) is 11.3 Å². The molecule has 1 aromatic heterocycles. The van der Waals surface area contributed by atoms with Crippen LogP contribution in [0, 0.1) is 11.3 Å². The number of hydrogen-bond acceptors (Lipinski definition) is 5. The van der Waals surface area contributed by atoms with Gasteiger partial charge in [-0.3, -0.25) is 0 Å². The van der Waals surface area contributed by atoms with Gasteiger partial charge in [0.25, 0.3) is 0 Å². The van der Waals surface area contributed by atoms with Crippen molar-refractivity contribution in [2.75, 3.05) is 30.8 Å². The van der Waals surface area contributed by atoms with Crippen LogP contribution in [-0.4, -0.2) is 19.8 Å². The Balaban J connectivity index is 2.07. The van der Waals surface area contributed by atoms with Crippen LogP contribution in [0.15, 0.2) is 0 Å². The van der Waals surface area contributed by atoms with Gasteiger partial charge in [0, 0.05) is 18.7 Å². The molecule has 92 valence electrons. The SMILES string of the molecule is CCOCCNc1sc(C#N)c(N)c1C1CC1. The Hall–Kier alpha value is -1.25. The predicted molar refractivity (Wildman–Crippen MR) is 70.4 cm³/mol. The van der Waals surface area contributed by atoms with Crippen molar-refractivity contribution in [3.63, 3.8) is 0 Å². The van der Waals surface area contributed by atoms with Crippen LogP contribution in [0.5, 0.6) is 0 Å². The predicted octanol–water partition coefficient (Wildman–Crippen LogP) is 2.53. The first-order valence-corrected chi connectivity index (χ1v) is 6.73. The van der Waals surface area contributed by atoms with Gasteiger partial charge >= 0.3 is 0 Å². The molecule has 3 N–H and O–H groups in total. The summed E-state index contributed by atoms with van der Waals surface area (Å²) in [6, 6.07) is 2.16. The quantitative estimate of drug-likeness (QED) is 0.762. The van der Waals surface area contributed by atoms with Gasteiger partial charge < -0.3 is 15.8 Å². The van der Waals surface area contributed by atoms with Gasteiger partial charge in [0.15, 0.2) is 0 Å². The Kier molecular flexibility index (Phi) is 3.87. The van der Waals surface area contributed by atoms with Gasteiger partial charge in [0.05, 0.1) is 17.3 Å². The molecule has 0 radical (unpaired) electrons. The normalized spacial score (nSPS) is 14.6. The number of thiophene rings is 1. The molecule has 4 nitrogen and oxygen atoms in total. The minimum atomic E-state index is 0.558. The van der Waals surface area contributed by atoms with Gasteiger partial charge in [0.1, 0.15) is 10.9 Å². The summed E-state index contributed by atoms with van der Waals surface area (Å²) in [6.07, 6.45) is 2.37. The van der Waals surface area contributed by atoms with Gasteiger partial charge in [-0.1, -0.05) is 0 Å². The third-order valence-corrected chi connectivity index (χ3v) is 3.89. The van der Waals surface area contributed by atoms with Gasteiger partial charge in [-0.2, -0.15) is 5.26 Å².